The Balaban J connectivity index is 2.18. The normalized spacial score (nSPS) is 10.7. The van der Waals surface area contributed by atoms with Gasteiger partial charge in [-0.2, -0.15) is 0 Å². The van der Waals surface area contributed by atoms with Crippen molar-refractivity contribution in [3.8, 4) is 16.9 Å². The first-order valence-corrected chi connectivity index (χ1v) is 6.53. The molecular weight excluding hydrogens is 272 g/mol. The number of halogens is 1. The van der Waals surface area contributed by atoms with Gasteiger partial charge in [-0.1, -0.05) is 11.6 Å². The molecule has 3 rings (SSSR count). The average molecular weight is 285 g/mol. The first-order valence-electron chi connectivity index (χ1n) is 6.15. The molecule has 100 valence electrons. The van der Waals surface area contributed by atoms with Crippen LogP contribution in [0.3, 0.4) is 0 Å². The molecule has 0 atom stereocenters. The molecule has 20 heavy (non-hydrogen) atoms. The molecule has 0 aliphatic rings. The summed E-state index contributed by atoms with van der Waals surface area (Å²) in [4.78, 5) is 8.36. The molecule has 0 unspecified atom stereocenters. The highest BCUT2D eigenvalue weighted by Crippen LogP contribution is 2.28. The van der Waals surface area contributed by atoms with E-state index in [4.69, 9.17) is 17.3 Å². The fraction of sp³-hybridized carbons (Fsp3) is 0.0667. The first-order chi connectivity index (χ1) is 9.66. The molecule has 0 fully saturated rings. The van der Waals surface area contributed by atoms with Gasteiger partial charge in [-0.05, 0) is 36.8 Å². The SMILES string of the molecule is Cc1cc(Cl)ccc1-n1cncc1-c1cnccc1N. The van der Waals surface area contributed by atoms with E-state index in [1.165, 1.54) is 0 Å². The number of benzene rings is 1. The number of pyridine rings is 1. The quantitative estimate of drug-likeness (QED) is 0.784. The van der Waals surface area contributed by atoms with Gasteiger partial charge >= 0.3 is 0 Å². The highest BCUT2D eigenvalue weighted by Gasteiger charge is 2.11. The van der Waals surface area contributed by atoms with Crippen LogP contribution in [0, 0.1) is 6.92 Å². The van der Waals surface area contributed by atoms with Gasteiger partial charge in [0.1, 0.15) is 0 Å². The maximum atomic E-state index is 6.02. The van der Waals surface area contributed by atoms with E-state index in [2.05, 4.69) is 9.97 Å². The van der Waals surface area contributed by atoms with Crippen LogP contribution in [-0.2, 0) is 0 Å². The summed E-state index contributed by atoms with van der Waals surface area (Å²) < 4.78 is 1.99. The van der Waals surface area contributed by atoms with Crippen LogP contribution < -0.4 is 5.73 Å². The average Bonchev–Trinajstić information content (AvgIpc) is 2.88. The summed E-state index contributed by atoms with van der Waals surface area (Å²) in [5.74, 6) is 0. The lowest BCUT2D eigenvalue weighted by atomic mass is 10.1. The Morgan fingerprint density at radius 3 is 2.75 bits per heavy atom. The van der Waals surface area contributed by atoms with Gasteiger partial charge in [0, 0.05) is 28.7 Å². The molecule has 0 aliphatic carbocycles. The van der Waals surface area contributed by atoms with Crippen LogP contribution in [0.4, 0.5) is 5.69 Å². The lowest BCUT2D eigenvalue weighted by Crippen LogP contribution is -2.00. The van der Waals surface area contributed by atoms with Crippen molar-refractivity contribution in [2.75, 3.05) is 5.73 Å². The van der Waals surface area contributed by atoms with E-state index in [-0.39, 0.29) is 0 Å². The maximum absolute atomic E-state index is 6.02. The third-order valence-corrected chi connectivity index (χ3v) is 3.42. The van der Waals surface area contributed by atoms with Crippen molar-refractivity contribution in [2.24, 2.45) is 0 Å². The predicted octanol–water partition coefficient (Wildman–Crippen LogP) is 3.48. The van der Waals surface area contributed by atoms with Crippen molar-refractivity contribution < 1.29 is 0 Å². The summed E-state index contributed by atoms with van der Waals surface area (Å²) >= 11 is 6.01. The maximum Gasteiger partial charge on any atom is 0.0997 e. The largest absolute Gasteiger partial charge is 0.398 e. The van der Waals surface area contributed by atoms with Gasteiger partial charge in [-0.25, -0.2) is 4.98 Å². The number of hydrogen-bond donors (Lipinski definition) is 1. The van der Waals surface area contributed by atoms with Crippen LogP contribution in [0.25, 0.3) is 16.9 Å². The number of anilines is 1. The molecule has 4 nitrogen and oxygen atoms in total. The second kappa shape index (κ2) is 4.98. The number of nitrogens with two attached hydrogens (primary N) is 1. The molecule has 2 N–H and O–H groups in total. The van der Waals surface area contributed by atoms with Crippen molar-refractivity contribution in [3.63, 3.8) is 0 Å². The van der Waals surface area contributed by atoms with E-state index >= 15 is 0 Å². The van der Waals surface area contributed by atoms with Crippen molar-refractivity contribution in [1.82, 2.24) is 14.5 Å². The van der Waals surface area contributed by atoms with Gasteiger partial charge in [0.2, 0.25) is 0 Å². The molecule has 1 aromatic carbocycles. The molecule has 5 heteroatoms. The number of aryl methyl sites for hydroxylation is 1. The highest BCUT2D eigenvalue weighted by molar-refractivity contribution is 6.30. The highest BCUT2D eigenvalue weighted by atomic mass is 35.5. The van der Waals surface area contributed by atoms with Crippen LogP contribution in [0.5, 0.6) is 0 Å². The molecule has 0 saturated heterocycles. The molecular formula is C15H13ClN4. The van der Waals surface area contributed by atoms with Gasteiger partial charge in [-0.3, -0.25) is 9.55 Å². The second-order valence-electron chi connectivity index (χ2n) is 4.54. The van der Waals surface area contributed by atoms with Crippen LogP contribution >= 0.6 is 11.6 Å². The Morgan fingerprint density at radius 1 is 1.15 bits per heavy atom. The Labute approximate surface area is 121 Å². The van der Waals surface area contributed by atoms with Crippen molar-refractivity contribution in [2.45, 2.75) is 6.92 Å². The Bertz CT molecular complexity index is 764. The topological polar surface area (TPSA) is 56.7 Å². The van der Waals surface area contributed by atoms with E-state index in [9.17, 15) is 0 Å². The fourth-order valence-electron chi connectivity index (χ4n) is 2.19. The number of nitrogen functional groups attached to an aromatic ring is 1. The molecule has 0 radical (unpaired) electrons. The molecule has 3 aromatic rings. The van der Waals surface area contributed by atoms with Gasteiger partial charge in [0.15, 0.2) is 0 Å². The van der Waals surface area contributed by atoms with Gasteiger partial charge in [0.05, 0.1) is 23.9 Å². The molecule has 0 amide bonds. The van der Waals surface area contributed by atoms with Gasteiger partial charge < -0.3 is 5.73 Å². The summed E-state index contributed by atoms with van der Waals surface area (Å²) in [6.45, 7) is 2.01. The lowest BCUT2D eigenvalue weighted by Gasteiger charge is -2.12. The van der Waals surface area contributed by atoms with E-state index in [0.29, 0.717) is 10.7 Å². The molecule has 0 spiro atoms. The smallest absolute Gasteiger partial charge is 0.0997 e. The number of rotatable bonds is 2. The minimum atomic E-state index is 0.674. The van der Waals surface area contributed by atoms with E-state index in [1.54, 1.807) is 31.0 Å². The third kappa shape index (κ3) is 2.14. The predicted molar refractivity (Wildman–Crippen MR) is 81.0 cm³/mol. The Hall–Kier alpha value is -2.33. The number of hydrogen-bond acceptors (Lipinski definition) is 3. The zero-order valence-corrected chi connectivity index (χ0v) is 11.7. The fourth-order valence-corrected chi connectivity index (χ4v) is 2.42. The van der Waals surface area contributed by atoms with Gasteiger partial charge in [-0.15, -0.1) is 0 Å². The van der Waals surface area contributed by atoms with Crippen LogP contribution in [0.15, 0.2) is 49.2 Å². The minimum absolute atomic E-state index is 0.674. The summed E-state index contributed by atoms with van der Waals surface area (Å²) in [5.41, 5.74) is 10.5. The minimum Gasteiger partial charge on any atom is -0.398 e. The zero-order valence-electron chi connectivity index (χ0n) is 10.9. The number of nitrogens with zero attached hydrogens (tertiary/aromatic N) is 3. The molecule has 0 bridgehead atoms. The Morgan fingerprint density at radius 2 is 2.00 bits per heavy atom. The van der Waals surface area contributed by atoms with E-state index in [1.807, 2.05) is 29.7 Å². The van der Waals surface area contributed by atoms with Crippen LogP contribution in [0.2, 0.25) is 5.02 Å². The molecule has 0 aliphatic heterocycles. The first kappa shape index (κ1) is 12.7. The molecule has 0 saturated carbocycles. The van der Waals surface area contributed by atoms with Crippen molar-refractivity contribution in [1.29, 1.82) is 0 Å². The summed E-state index contributed by atoms with van der Waals surface area (Å²) in [6.07, 6.45) is 6.96. The summed E-state index contributed by atoms with van der Waals surface area (Å²) in [7, 11) is 0. The zero-order chi connectivity index (χ0) is 14.1. The molecule has 2 heterocycles. The third-order valence-electron chi connectivity index (χ3n) is 3.19. The van der Waals surface area contributed by atoms with Crippen LogP contribution in [-0.4, -0.2) is 14.5 Å². The Kier molecular flexibility index (Phi) is 3.16. The second-order valence-corrected chi connectivity index (χ2v) is 4.98. The monoisotopic (exact) mass is 284 g/mol. The van der Waals surface area contributed by atoms with Crippen LogP contribution in [0.1, 0.15) is 5.56 Å². The van der Waals surface area contributed by atoms with Crippen molar-refractivity contribution >= 4 is 17.3 Å². The van der Waals surface area contributed by atoms with Crippen molar-refractivity contribution in [3.05, 3.63) is 59.8 Å². The standard InChI is InChI=1S/C15H13ClN4/c1-10-6-11(16)2-3-14(10)20-9-19-8-15(20)12-7-18-5-4-13(12)17/h2-9H,1H3,(H2,17,18). The van der Waals surface area contributed by atoms with E-state index in [0.717, 1.165) is 22.5 Å². The molecule has 2 aromatic heterocycles. The number of aromatic nitrogens is 3. The summed E-state index contributed by atoms with van der Waals surface area (Å²) in [6, 6.07) is 7.53. The lowest BCUT2D eigenvalue weighted by molar-refractivity contribution is 1.04. The van der Waals surface area contributed by atoms with Gasteiger partial charge in [0.25, 0.3) is 0 Å². The summed E-state index contributed by atoms with van der Waals surface area (Å²) in [5, 5.41) is 0.716. The number of imidazole rings is 1. The van der Waals surface area contributed by atoms with E-state index < -0.39 is 0 Å².